The molecule has 0 unspecified atom stereocenters. The van der Waals surface area contributed by atoms with Crippen LogP contribution in [0.1, 0.15) is 10.4 Å². The molecule has 0 bridgehead atoms. The molecule has 0 amide bonds. The monoisotopic (exact) mass is 354 g/mol. The maximum Gasteiger partial charge on any atom is 0.169 e. The molecule has 0 aliphatic heterocycles. The molecule has 3 nitrogen and oxygen atoms in total. The molecule has 18 heavy (non-hydrogen) atoms. The number of carbonyl (C=O) groups excluding carboxylic acids is 1. The van der Waals surface area contributed by atoms with Crippen molar-refractivity contribution >= 4 is 28.9 Å². The molecule has 0 saturated heterocycles. The van der Waals surface area contributed by atoms with Crippen molar-refractivity contribution in [3.05, 3.63) is 51.6 Å². The highest BCUT2D eigenvalue weighted by atomic mass is 127. The average molecular weight is 354 g/mol. The van der Waals surface area contributed by atoms with E-state index in [4.69, 9.17) is 9.47 Å². The number of benzene rings is 2. The second kappa shape index (κ2) is 5.86. The summed E-state index contributed by atoms with van der Waals surface area (Å²) in [4.78, 5) is 10.8. The van der Waals surface area contributed by atoms with Gasteiger partial charge in [0.1, 0.15) is 12.0 Å². The Morgan fingerprint density at radius 3 is 2.39 bits per heavy atom. The molecule has 0 aliphatic carbocycles. The van der Waals surface area contributed by atoms with Gasteiger partial charge in [-0.2, -0.15) is 0 Å². The Morgan fingerprint density at radius 2 is 1.78 bits per heavy atom. The Balaban J connectivity index is 2.31. The highest BCUT2D eigenvalue weighted by Gasteiger charge is 2.06. The standard InChI is InChI=1S/C14H11IO3/c1-17-13-7-2-10(9-16)8-14(13)18-12-5-3-11(15)4-6-12/h2-9H,1H3. The zero-order valence-electron chi connectivity index (χ0n) is 9.72. The maximum absolute atomic E-state index is 10.8. The normalized spacial score (nSPS) is 9.89. The summed E-state index contributed by atoms with van der Waals surface area (Å²) in [5.41, 5.74) is 0.552. The first-order chi connectivity index (χ1) is 8.72. The van der Waals surface area contributed by atoms with Gasteiger partial charge in [-0.05, 0) is 65.1 Å². The number of hydrogen-bond donors (Lipinski definition) is 0. The molecule has 0 N–H and O–H groups in total. The van der Waals surface area contributed by atoms with Crippen molar-refractivity contribution in [3.8, 4) is 17.2 Å². The summed E-state index contributed by atoms with van der Waals surface area (Å²) in [7, 11) is 1.57. The van der Waals surface area contributed by atoms with Crippen molar-refractivity contribution < 1.29 is 14.3 Å². The second-order valence-corrected chi connectivity index (χ2v) is 4.83. The van der Waals surface area contributed by atoms with Gasteiger partial charge < -0.3 is 9.47 Å². The van der Waals surface area contributed by atoms with Crippen molar-refractivity contribution in [1.29, 1.82) is 0 Å². The minimum Gasteiger partial charge on any atom is -0.493 e. The summed E-state index contributed by atoms with van der Waals surface area (Å²) in [6, 6.07) is 12.7. The van der Waals surface area contributed by atoms with E-state index in [1.807, 2.05) is 24.3 Å². The molecule has 0 radical (unpaired) electrons. The minimum atomic E-state index is 0.531. The number of ether oxygens (including phenoxy) is 2. The molecule has 0 fully saturated rings. The highest BCUT2D eigenvalue weighted by Crippen LogP contribution is 2.32. The van der Waals surface area contributed by atoms with Crippen molar-refractivity contribution in [2.75, 3.05) is 7.11 Å². The Labute approximate surface area is 119 Å². The highest BCUT2D eigenvalue weighted by molar-refractivity contribution is 14.1. The second-order valence-electron chi connectivity index (χ2n) is 3.58. The third kappa shape index (κ3) is 3.01. The van der Waals surface area contributed by atoms with Gasteiger partial charge in [-0.15, -0.1) is 0 Å². The lowest BCUT2D eigenvalue weighted by Gasteiger charge is -2.10. The molecule has 92 valence electrons. The van der Waals surface area contributed by atoms with E-state index >= 15 is 0 Å². The third-order valence-electron chi connectivity index (χ3n) is 2.37. The molecule has 2 aromatic rings. The maximum atomic E-state index is 10.8. The van der Waals surface area contributed by atoms with Gasteiger partial charge in [0.2, 0.25) is 0 Å². The van der Waals surface area contributed by atoms with Crippen LogP contribution < -0.4 is 9.47 Å². The Bertz CT molecular complexity index is 549. The molecule has 0 heterocycles. The van der Waals surface area contributed by atoms with Gasteiger partial charge in [0, 0.05) is 9.13 Å². The van der Waals surface area contributed by atoms with Gasteiger partial charge >= 0.3 is 0 Å². The fourth-order valence-corrected chi connectivity index (χ4v) is 1.84. The quantitative estimate of drug-likeness (QED) is 0.617. The lowest BCUT2D eigenvalue weighted by atomic mass is 10.2. The van der Waals surface area contributed by atoms with Crippen molar-refractivity contribution in [2.45, 2.75) is 0 Å². The van der Waals surface area contributed by atoms with Crippen molar-refractivity contribution in [2.24, 2.45) is 0 Å². The Morgan fingerprint density at radius 1 is 1.06 bits per heavy atom. The van der Waals surface area contributed by atoms with E-state index < -0.39 is 0 Å². The third-order valence-corrected chi connectivity index (χ3v) is 3.08. The lowest BCUT2D eigenvalue weighted by molar-refractivity contribution is 0.112. The largest absolute Gasteiger partial charge is 0.493 e. The molecule has 2 rings (SSSR count). The predicted octanol–water partition coefficient (Wildman–Crippen LogP) is 3.90. The number of carbonyl (C=O) groups is 1. The molecule has 0 aromatic heterocycles. The number of hydrogen-bond acceptors (Lipinski definition) is 3. The fourth-order valence-electron chi connectivity index (χ4n) is 1.48. The zero-order chi connectivity index (χ0) is 13.0. The molecule has 0 saturated carbocycles. The topological polar surface area (TPSA) is 35.5 Å². The minimum absolute atomic E-state index is 0.531. The van der Waals surface area contributed by atoms with E-state index in [0.29, 0.717) is 22.8 Å². The van der Waals surface area contributed by atoms with Crippen LogP contribution in [0.4, 0.5) is 0 Å². The van der Waals surface area contributed by atoms with Crippen LogP contribution in [0.15, 0.2) is 42.5 Å². The van der Waals surface area contributed by atoms with E-state index in [1.54, 1.807) is 25.3 Å². The van der Waals surface area contributed by atoms with Crippen LogP contribution in [-0.4, -0.2) is 13.4 Å². The first-order valence-corrected chi connectivity index (χ1v) is 6.37. The first kappa shape index (κ1) is 12.9. The molecular weight excluding hydrogens is 343 g/mol. The number of methoxy groups -OCH3 is 1. The van der Waals surface area contributed by atoms with Crippen LogP contribution in [0.2, 0.25) is 0 Å². The van der Waals surface area contributed by atoms with Crippen LogP contribution in [0.25, 0.3) is 0 Å². The average Bonchev–Trinajstić information content (AvgIpc) is 2.41. The molecule has 0 spiro atoms. The Kier molecular flexibility index (Phi) is 4.19. The zero-order valence-corrected chi connectivity index (χ0v) is 11.9. The van der Waals surface area contributed by atoms with Gasteiger partial charge in [0.25, 0.3) is 0 Å². The molecule has 4 heteroatoms. The van der Waals surface area contributed by atoms with Gasteiger partial charge in [-0.3, -0.25) is 4.79 Å². The van der Waals surface area contributed by atoms with Gasteiger partial charge in [0.05, 0.1) is 7.11 Å². The smallest absolute Gasteiger partial charge is 0.169 e. The van der Waals surface area contributed by atoms with Crippen molar-refractivity contribution in [3.63, 3.8) is 0 Å². The fraction of sp³-hybridized carbons (Fsp3) is 0.0714. The molecule has 2 aromatic carbocycles. The number of halogens is 1. The number of aldehydes is 1. The van der Waals surface area contributed by atoms with E-state index in [0.717, 1.165) is 9.86 Å². The van der Waals surface area contributed by atoms with Gasteiger partial charge in [0.15, 0.2) is 11.5 Å². The van der Waals surface area contributed by atoms with Gasteiger partial charge in [-0.25, -0.2) is 0 Å². The van der Waals surface area contributed by atoms with Crippen LogP contribution in [0.5, 0.6) is 17.2 Å². The van der Waals surface area contributed by atoms with Crippen molar-refractivity contribution in [1.82, 2.24) is 0 Å². The summed E-state index contributed by atoms with van der Waals surface area (Å²) in [6.45, 7) is 0. The summed E-state index contributed by atoms with van der Waals surface area (Å²) in [6.07, 6.45) is 0.778. The van der Waals surface area contributed by atoms with Crippen LogP contribution in [0, 0.1) is 3.57 Å². The summed E-state index contributed by atoms with van der Waals surface area (Å²) in [5, 5.41) is 0. The molecule has 0 atom stereocenters. The lowest BCUT2D eigenvalue weighted by Crippen LogP contribution is -1.92. The predicted molar refractivity (Wildman–Crippen MR) is 77.6 cm³/mol. The SMILES string of the molecule is COc1ccc(C=O)cc1Oc1ccc(I)cc1. The van der Waals surface area contributed by atoms with Crippen LogP contribution in [-0.2, 0) is 0 Å². The van der Waals surface area contributed by atoms with E-state index in [2.05, 4.69) is 22.6 Å². The van der Waals surface area contributed by atoms with Crippen LogP contribution >= 0.6 is 22.6 Å². The van der Waals surface area contributed by atoms with E-state index in [9.17, 15) is 4.79 Å². The molecular formula is C14H11IO3. The Hall–Kier alpha value is -1.56. The first-order valence-electron chi connectivity index (χ1n) is 5.29. The molecule has 0 aliphatic rings. The van der Waals surface area contributed by atoms with Gasteiger partial charge in [-0.1, -0.05) is 0 Å². The summed E-state index contributed by atoms with van der Waals surface area (Å²) in [5.74, 6) is 1.83. The van der Waals surface area contributed by atoms with E-state index in [-0.39, 0.29) is 0 Å². The van der Waals surface area contributed by atoms with Crippen LogP contribution in [0.3, 0.4) is 0 Å². The number of rotatable bonds is 4. The summed E-state index contributed by atoms with van der Waals surface area (Å²) >= 11 is 2.23. The summed E-state index contributed by atoms with van der Waals surface area (Å²) < 4.78 is 12.0. The van der Waals surface area contributed by atoms with E-state index in [1.165, 1.54) is 0 Å².